The first-order chi connectivity index (χ1) is 12.6. The average molecular weight is 427 g/mol. The fourth-order valence-corrected chi connectivity index (χ4v) is 6.42. The minimum Gasteiger partial charge on any atom is -0.335 e. The van der Waals surface area contributed by atoms with Crippen LogP contribution in [0, 0.1) is 27.7 Å². The van der Waals surface area contributed by atoms with Gasteiger partial charge in [0.15, 0.2) is 0 Å². The molecule has 1 aliphatic heterocycles. The van der Waals surface area contributed by atoms with Gasteiger partial charge in [-0.2, -0.15) is 4.31 Å². The van der Waals surface area contributed by atoms with Gasteiger partial charge in [-0.15, -0.1) is 11.3 Å². The van der Waals surface area contributed by atoms with Crippen molar-refractivity contribution in [2.24, 2.45) is 0 Å². The first kappa shape index (κ1) is 20.3. The number of piperazine rings is 1. The van der Waals surface area contributed by atoms with Gasteiger partial charge in [0.25, 0.3) is 5.91 Å². The smallest absolute Gasteiger partial charge is 0.264 e. The first-order valence-corrected chi connectivity index (χ1v) is 11.4. The van der Waals surface area contributed by atoms with Crippen LogP contribution in [0.2, 0.25) is 4.34 Å². The molecule has 1 aromatic carbocycles. The summed E-state index contributed by atoms with van der Waals surface area (Å²) in [7, 11) is -3.60. The van der Waals surface area contributed by atoms with Gasteiger partial charge in [0, 0.05) is 26.2 Å². The van der Waals surface area contributed by atoms with Gasteiger partial charge >= 0.3 is 0 Å². The van der Waals surface area contributed by atoms with Crippen LogP contribution in [0.4, 0.5) is 0 Å². The SMILES string of the molecule is Cc1cc(C)c(C)c(S(=O)(=O)N2CCN(C(=O)c3ccc(Cl)s3)CC2)c1C. The Bertz CT molecular complexity index is 964. The molecule has 0 radical (unpaired) electrons. The molecule has 8 heteroatoms. The molecule has 146 valence electrons. The number of amides is 1. The van der Waals surface area contributed by atoms with Crippen molar-refractivity contribution in [3.05, 3.63) is 49.7 Å². The maximum atomic E-state index is 13.3. The summed E-state index contributed by atoms with van der Waals surface area (Å²) >= 11 is 7.15. The van der Waals surface area contributed by atoms with Crippen molar-refractivity contribution in [2.75, 3.05) is 26.2 Å². The van der Waals surface area contributed by atoms with Crippen LogP contribution in [0.5, 0.6) is 0 Å². The monoisotopic (exact) mass is 426 g/mol. The summed E-state index contributed by atoms with van der Waals surface area (Å²) in [5.74, 6) is -0.0947. The molecule has 1 amide bonds. The van der Waals surface area contributed by atoms with Gasteiger partial charge in [0.2, 0.25) is 10.0 Å². The van der Waals surface area contributed by atoms with E-state index in [9.17, 15) is 13.2 Å². The van der Waals surface area contributed by atoms with Crippen molar-refractivity contribution in [1.29, 1.82) is 0 Å². The molecule has 1 aliphatic rings. The molecule has 27 heavy (non-hydrogen) atoms. The van der Waals surface area contributed by atoms with Crippen LogP contribution < -0.4 is 0 Å². The predicted molar refractivity (Wildman–Crippen MR) is 109 cm³/mol. The Balaban J connectivity index is 1.81. The lowest BCUT2D eigenvalue weighted by Crippen LogP contribution is -2.50. The van der Waals surface area contributed by atoms with Crippen LogP contribution in [0.15, 0.2) is 23.1 Å². The zero-order valence-electron chi connectivity index (χ0n) is 15.9. The second-order valence-corrected chi connectivity index (χ2v) is 10.5. The minimum absolute atomic E-state index is 0.0947. The lowest BCUT2D eigenvalue weighted by Gasteiger charge is -2.34. The highest BCUT2D eigenvalue weighted by Gasteiger charge is 2.33. The quantitative estimate of drug-likeness (QED) is 0.750. The van der Waals surface area contributed by atoms with Crippen LogP contribution >= 0.6 is 22.9 Å². The van der Waals surface area contributed by atoms with Gasteiger partial charge in [0.1, 0.15) is 0 Å². The van der Waals surface area contributed by atoms with Gasteiger partial charge in [-0.3, -0.25) is 4.79 Å². The van der Waals surface area contributed by atoms with Crippen molar-refractivity contribution < 1.29 is 13.2 Å². The number of nitrogens with zero attached hydrogens (tertiary/aromatic N) is 2. The molecule has 0 N–H and O–H groups in total. The summed E-state index contributed by atoms with van der Waals surface area (Å²) in [5.41, 5.74) is 3.54. The number of hydrogen-bond acceptors (Lipinski definition) is 4. The Kier molecular flexibility index (Phi) is 5.68. The Labute approximate surface area is 169 Å². The zero-order chi connectivity index (χ0) is 19.9. The molecule has 0 saturated carbocycles. The van der Waals surface area contributed by atoms with Crippen LogP contribution in [-0.2, 0) is 10.0 Å². The minimum atomic E-state index is -3.60. The zero-order valence-corrected chi connectivity index (χ0v) is 18.3. The van der Waals surface area contributed by atoms with E-state index in [1.54, 1.807) is 17.0 Å². The molecule has 2 heterocycles. The van der Waals surface area contributed by atoms with Crippen molar-refractivity contribution in [2.45, 2.75) is 32.6 Å². The number of halogens is 1. The summed E-state index contributed by atoms with van der Waals surface area (Å²) in [6.07, 6.45) is 0. The second kappa shape index (κ2) is 7.54. The molecule has 0 atom stereocenters. The third kappa shape index (κ3) is 3.78. The van der Waals surface area contributed by atoms with Gasteiger partial charge < -0.3 is 4.90 Å². The van der Waals surface area contributed by atoms with E-state index in [4.69, 9.17) is 11.6 Å². The number of thiophene rings is 1. The molecule has 0 aliphatic carbocycles. The number of carbonyl (C=O) groups excluding carboxylic acids is 1. The van der Waals surface area contributed by atoms with Crippen LogP contribution in [-0.4, -0.2) is 49.7 Å². The molecule has 1 aromatic heterocycles. The Morgan fingerprint density at radius 3 is 2.04 bits per heavy atom. The van der Waals surface area contributed by atoms with E-state index in [1.165, 1.54) is 15.6 Å². The number of hydrogen-bond donors (Lipinski definition) is 0. The van der Waals surface area contributed by atoms with Gasteiger partial charge in [0.05, 0.1) is 14.1 Å². The molecule has 0 bridgehead atoms. The fourth-order valence-electron chi connectivity index (χ4n) is 3.41. The topological polar surface area (TPSA) is 57.7 Å². The summed E-state index contributed by atoms with van der Waals surface area (Å²) in [6.45, 7) is 8.90. The highest BCUT2D eigenvalue weighted by molar-refractivity contribution is 7.89. The molecule has 0 spiro atoms. The average Bonchev–Trinajstić information content (AvgIpc) is 3.06. The summed E-state index contributed by atoms with van der Waals surface area (Å²) in [5, 5.41) is 0. The largest absolute Gasteiger partial charge is 0.335 e. The highest BCUT2D eigenvalue weighted by atomic mass is 35.5. The van der Waals surface area contributed by atoms with E-state index < -0.39 is 10.0 Å². The molecule has 1 saturated heterocycles. The third-order valence-corrected chi connectivity index (χ3v) is 8.60. The number of carbonyl (C=O) groups is 1. The number of benzene rings is 1. The van der Waals surface area contributed by atoms with Gasteiger partial charge in [-0.25, -0.2) is 8.42 Å². The number of aryl methyl sites for hydroxylation is 2. The molecule has 2 aromatic rings. The summed E-state index contributed by atoms with van der Waals surface area (Å²) in [4.78, 5) is 15.2. The third-order valence-electron chi connectivity index (χ3n) is 5.20. The Hall–Kier alpha value is -1.41. The first-order valence-electron chi connectivity index (χ1n) is 8.75. The number of sulfonamides is 1. The van der Waals surface area contributed by atoms with Crippen molar-refractivity contribution in [1.82, 2.24) is 9.21 Å². The fraction of sp³-hybridized carbons (Fsp3) is 0.421. The van der Waals surface area contributed by atoms with Crippen LogP contribution in [0.25, 0.3) is 0 Å². The standard InChI is InChI=1S/C19H23ClN2O3S2/c1-12-11-13(2)15(4)18(14(12)3)27(24,25)22-9-7-21(8-10-22)19(23)16-5-6-17(20)26-16/h5-6,11H,7-10H2,1-4H3. The van der Waals surface area contributed by atoms with E-state index in [-0.39, 0.29) is 5.91 Å². The highest BCUT2D eigenvalue weighted by Crippen LogP contribution is 2.30. The lowest BCUT2D eigenvalue weighted by molar-refractivity contribution is 0.0702. The molecule has 5 nitrogen and oxygen atoms in total. The van der Waals surface area contributed by atoms with E-state index in [2.05, 4.69) is 0 Å². The lowest BCUT2D eigenvalue weighted by atomic mass is 10.0. The maximum absolute atomic E-state index is 13.3. The summed E-state index contributed by atoms with van der Waals surface area (Å²) in [6, 6.07) is 5.43. The van der Waals surface area contributed by atoms with Crippen molar-refractivity contribution in [3.8, 4) is 0 Å². The van der Waals surface area contributed by atoms with E-state index >= 15 is 0 Å². The molecular weight excluding hydrogens is 404 g/mol. The van der Waals surface area contributed by atoms with E-state index in [1.807, 2.05) is 33.8 Å². The van der Waals surface area contributed by atoms with Crippen molar-refractivity contribution >= 4 is 38.9 Å². The normalized spacial score (nSPS) is 16.0. The van der Waals surface area contributed by atoms with Crippen LogP contribution in [0.3, 0.4) is 0 Å². The van der Waals surface area contributed by atoms with E-state index in [0.717, 1.165) is 22.3 Å². The second-order valence-electron chi connectivity index (χ2n) is 6.89. The van der Waals surface area contributed by atoms with Gasteiger partial charge in [-0.05, 0) is 62.1 Å². The van der Waals surface area contributed by atoms with Crippen LogP contribution in [0.1, 0.15) is 31.9 Å². The summed E-state index contributed by atoms with van der Waals surface area (Å²) < 4.78 is 28.6. The van der Waals surface area contributed by atoms with Gasteiger partial charge in [-0.1, -0.05) is 17.7 Å². The molecule has 3 rings (SSSR count). The molecular formula is C19H23ClN2O3S2. The van der Waals surface area contributed by atoms with Crippen molar-refractivity contribution in [3.63, 3.8) is 0 Å². The molecule has 0 unspecified atom stereocenters. The number of rotatable bonds is 3. The van der Waals surface area contributed by atoms with E-state index in [0.29, 0.717) is 40.3 Å². The predicted octanol–water partition coefficient (Wildman–Crippen LogP) is 3.78. The Morgan fingerprint density at radius 1 is 1.00 bits per heavy atom. The molecule has 1 fully saturated rings. The Morgan fingerprint density at radius 2 is 1.56 bits per heavy atom. The maximum Gasteiger partial charge on any atom is 0.264 e.